The van der Waals surface area contributed by atoms with Crippen LogP contribution >= 0.6 is 28.6 Å². The summed E-state index contributed by atoms with van der Waals surface area (Å²) in [7, 11) is 1.46. The van der Waals surface area contributed by atoms with Gasteiger partial charge in [0, 0.05) is 16.5 Å². The predicted molar refractivity (Wildman–Crippen MR) is 68.1 cm³/mol. The van der Waals surface area contributed by atoms with Gasteiger partial charge in [-0.05, 0) is 46.1 Å². The number of hydrogen-bond donors (Lipinski definition) is 2. The molecule has 4 heteroatoms. The number of aliphatic hydroxyl groups is 1. The molecule has 1 aromatic carbocycles. The summed E-state index contributed by atoms with van der Waals surface area (Å²) in [4.78, 5) is 0.847. The lowest BCUT2D eigenvalue weighted by Gasteiger charge is -2.09. The fourth-order valence-electron chi connectivity index (χ4n) is 1.15. The normalized spacial score (nSPS) is 14.1. The molecule has 0 aliphatic heterocycles. The van der Waals surface area contributed by atoms with Gasteiger partial charge in [-0.3, -0.25) is 0 Å². The van der Waals surface area contributed by atoms with Gasteiger partial charge in [-0.1, -0.05) is 12.1 Å². The lowest BCUT2D eigenvalue weighted by atomic mass is 10.1. The molecule has 0 aliphatic rings. The second-order valence-electron chi connectivity index (χ2n) is 3.15. The van der Waals surface area contributed by atoms with Crippen LogP contribution in [0.5, 0.6) is 0 Å². The van der Waals surface area contributed by atoms with Gasteiger partial charge in [-0.25, -0.2) is 0 Å². The van der Waals surface area contributed by atoms with E-state index in [9.17, 15) is 5.11 Å². The smallest absolute Gasteiger partial charge is 0.176 e. The van der Waals surface area contributed by atoms with E-state index in [2.05, 4.69) is 28.6 Å². The van der Waals surface area contributed by atoms with Crippen molar-refractivity contribution in [1.29, 1.82) is 0 Å². The van der Waals surface area contributed by atoms with E-state index in [-0.39, 0.29) is 0 Å². The summed E-state index contributed by atoms with van der Waals surface area (Å²) < 4.78 is 5.73. The van der Waals surface area contributed by atoms with Gasteiger partial charge in [0.15, 0.2) is 6.29 Å². The molecular weight excluding hydrogens is 276 g/mol. The van der Waals surface area contributed by atoms with Crippen molar-refractivity contribution in [3.63, 3.8) is 0 Å². The number of benzene rings is 1. The highest BCUT2D eigenvalue weighted by Gasteiger charge is 2.05. The van der Waals surface area contributed by atoms with E-state index in [1.807, 2.05) is 31.2 Å². The summed E-state index contributed by atoms with van der Waals surface area (Å²) in [5.74, 6) is 0. The first-order valence-electron chi connectivity index (χ1n) is 4.42. The number of halogens is 1. The van der Waals surface area contributed by atoms with E-state index >= 15 is 0 Å². The Morgan fingerprint density at radius 3 is 2.87 bits per heavy atom. The van der Waals surface area contributed by atoms with E-state index < -0.39 is 6.29 Å². The Labute approximate surface area is 103 Å². The number of thiol groups is 1. The first kappa shape index (κ1) is 12.8. The standard InChI is InChI=1S/C11H13BrO2S/c1-7(11(13)14-2)6-8-4-3-5-9(12)10(8)15/h3-6,11,13,15H,1-2H3/b7-6+. The summed E-state index contributed by atoms with van der Waals surface area (Å²) in [5, 5.41) is 9.42. The largest absolute Gasteiger partial charge is 0.364 e. The van der Waals surface area contributed by atoms with Crippen molar-refractivity contribution >= 4 is 34.6 Å². The quantitative estimate of drug-likeness (QED) is 0.661. The molecule has 15 heavy (non-hydrogen) atoms. The second-order valence-corrected chi connectivity index (χ2v) is 4.46. The van der Waals surface area contributed by atoms with Crippen molar-refractivity contribution in [1.82, 2.24) is 0 Å². The molecular formula is C11H13BrO2S. The highest BCUT2D eigenvalue weighted by molar-refractivity contribution is 9.10. The third-order valence-electron chi connectivity index (χ3n) is 2.01. The minimum absolute atomic E-state index is 0.742. The Bertz CT molecular complexity index is 377. The molecule has 0 bridgehead atoms. The monoisotopic (exact) mass is 288 g/mol. The van der Waals surface area contributed by atoms with Gasteiger partial charge in [0.25, 0.3) is 0 Å². The number of hydrogen-bond acceptors (Lipinski definition) is 3. The van der Waals surface area contributed by atoms with E-state index in [4.69, 9.17) is 4.74 Å². The molecule has 0 aliphatic carbocycles. The summed E-state index contributed by atoms with van der Waals surface area (Å²) in [6.07, 6.45) is 0.984. The molecule has 0 heterocycles. The maximum Gasteiger partial charge on any atom is 0.176 e. The van der Waals surface area contributed by atoms with Crippen LogP contribution in [-0.4, -0.2) is 18.5 Å². The van der Waals surface area contributed by atoms with E-state index in [1.54, 1.807) is 0 Å². The van der Waals surface area contributed by atoms with Crippen LogP contribution in [0.3, 0.4) is 0 Å². The molecule has 0 radical (unpaired) electrons. The van der Waals surface area contributed by atoms with Crippen LogP contribution in [-0.2, 0) is 4.74 Å². The minimum atomic E-state index is -0.864. The maximum atomic E-state index is 9.42. The van der Waals surface area contributed by atoms with E-state index in [0.717, 1.165) is 20.5 Å². The van der Waals surface area contributed by atoms with Crippen molar-refractivity contribution in [2.75, 3.05) is 7.11 Å². The Morgan fingerprint density at radius 2 is 2.27 bits per heavy atom. The minimum Gasteiger partial charge on any atom is -0.364 e. The van der Waals surface area contributed by atoms with E-state index in [0.29, 0.717) is 0 Å². The Kier molecular flexibility index (Phi) is 4.86. The number of methoxy groups -OCH3 is 1. The zero-order valence-electron chi connectivity index (χ0n) is 8.57. The molecule has 1 atom stereocenters. The fraction of sp³-hybridized carbons (Fsp3) is 0.273. The number of aliphatic hydroxyl groups excluding tert-OH is 1. The lowest BCUT2D eigenvalue weighted by molar-refractivity contribution is -0.0437. The zero-order valence-corrected chi connectivity index (χ0v) is 11.0. The van der Waals surface area contributed by atoms with Crippen molar-refractivity contribution < 1.29 is 9.84 Å². The van der Waals surface area contributed by atoms with Gasteiger partial charge >= 0.3 is 0 Å². The maximum absolute atomic E-state index is 9.42. The van der Waals surface area contributed by atoms with Crippen LogP contribution in [0.2, 0.25) is 0 Å². The summed E-state index contributed by atoms with van der Waals surface area (Å²) in [5.41, 5.74) is 1.69. The summed E-state index contributed by atoms with van der Waals surface area (Å²) in [6, 6.07) is 5.77. The molecule has 0 aromatic heterocycles. The molecule has 2 nitrogen and oxygen atoms in total. The van der Waals surface area contributed by atoms with Gasteiger partial charge in [0.1, 0.15) is 0 Å². The summed E-state index contributed by atoms with van der Waals surface area (Å²) in [6.45, 7) is 1.81. The molecule has 1 N–H and O–H groups in total. The topological polar surface area (TPSA) is 29.5 Å². The van der Waals surface area contributed by atoms with Gasteiger partial charge < -0.3 is 9.84 Å². The summed E-state index contributed by atoms with van der Waals surface area (Å²) >= 11 is 7.76. The lowest BCUT2D eigenvalue weighted by Crippen LogP contribution is -2.09. The van der Waals surface area contributed by atoms with Crippen molar-refractivity contribution in [3.05, 3.63) is 33.8 Å². The third-order valence-corrected chi connectivity index (χ3v) is 3.48. The molecule has 82 valence electrons. The van der Waals surface area contributed by atoms with Crippen LogP contribution in [0.4, 0.5) is 0 Å². The molecule has 0 saturated carbocycles. The van der Waals surface area contributed by atoms with Crippen LogP contribution in [0.1, 0.15) is 12.5 Å². The molecule has 0 saturated heterocycles. The predicted octanol–water partition coefficient (Wildman–Crippen LogP) is 3.11. The van der Waals surface area contributed by atoms with Crippen molar-refractivity contribution in [2.24, 2.45) is 0 Å². The first-order chi connectivity index (χ1) is 7.06. The van der Waals surface area contributed by atoms with Crippen LogP contribution in [0.25, 0.3) is 6.08 Å². The fourth-order valence-corrected chi connectivity index (χ4v) is 1.75. The molecule has 1 unspecified atom stereocenters. The first-order valence-corrected chi connectivity index (χ1v) is 5.66. The number of rotatable bonds is 3. The SMILES string of the molecule is COC(O)/C(C)=C/c1cccc(Br)c1S. The Morgan fingerprint density at radius 1 is 1.60 bits per heavy atom. The van der Waals surface area contributed by atoms with Crippen LogP contribution < -0.4 is 0 Å². The van der Waals surface area contributed by atoms with Gasteiger partial charge in [-0.2, -0.15) is 0 Å². The van der Waals surface area contributed by atoms with Gasteiger partial charge in [0.2, 0.25) is 0 Å². The third kappa shape index (κ3) is 3.34. The van der Waals surface area contributed by atoms with Crippen molar-refractivity contribution in [2.45, 2.75) is 18.1 Å². The van der Waals surface area contributed by atoms with E-state index in [1.165, 1.54) is 7.11 Å². The van der Waals surface area contributed by atoms with Gasteiger partial charge in [-0.15, -0.1) is 12.6 Å². The Hall–Kier alpha value is -0.290. The average molecular weight is 289 g/mol. The molecule has 0 fully saturated rings. The van der Waals surface area contributed by atoms with Crippen LogP contribution in [0.15, 0.2) is 33.1 Å². The molecule has 1 aromatic rings. The molecule has 1 rings (SSSR count). The molecule has 0 amide bonds. The van der Waals surface area contributed by atoms with Crippen LogP contribution in [0, 0.1) is 0 Å². The van der Waals surface area contributed by atoms with Gasteiger partial charge in [0.05, 0.1) is 0 Å². The Balaban J connectivity index is 3.03. The number of ether oxygens (including phenoxy) is 1. The second kappa shape index (κ2) is 5.70. The molecule has 0 spiro atoms. The average Bonchev–Trinajstić information content (AvgIpc) is 2.23. The highest BCUT2D eigenvalue weighted by atomic mass is 79.9. The zero-order chi connectivity index (χ0) is 11.4. The van der Waals surface area contributed by atoms with Crippen molar-refractivity contribution in [3.8, 4) is 0 Å². The highest BCUT2D eigenvalue weighted by Crippen LogP contribution is 2.26.